The van der Waals surface area contributed by atoms with Gasteiger partial charge in [0.05, 0.1) is 6.10 Å². The molecule has 1 saturated heterocycles. The largest absolute Gasteiger partial charge is 0.379 e. The second-order valence-corrected chi connectivity index (χ2v) is 5.46. The average Bonchev–Trinajstić information content (AvgIpc) is 2.39. The highest BCUT2D eigenvalue weighted by Gasteiger charge is 2.28. The minimum absolute atomic E-state index is 0.380. The molecule has 0 atom stereocenters. The molecule has 84 valence electrons. The van der Waals surface area contributed by atoms with Crippen molar-refractivity contribution in [3.63, 3.8) is 0 Å². The van der Waals surface area contributed by atoms with E-state index in [0.717, 1.165) is 6.61 Å². The fourth-order valence-corrected chi connectivity index (χ4v) is 2.02. The van der Waals surface area contributed by atoms with Crippen LogP contribution in [0.25, 0.3) is 0 Å². The molecule has 0 aromatic rings. The third-order valence-electron chi connectivity index (χ3n) is 2.83. The van der Waals surface area contributed by atoms with Crippen LogP contribution >= 0.6 is 0 Å². The number of nitrogens with zero attached hydrogens (tertiary/aromatic N) is 1. The first-order valence-corrected chi connectivity index (χ1v) is 5.83. The van der Waals surface area contributed by atoms with Gasteiger partial charge >= 0.3 is 0 Å². The van der Waals surface area contributed by atoms with E-state index in [0.29, 0.717) is 11.5 Å². The van der Waals surface area contributed by atoms with E-state index in [-0.39, 0.29) is 0 Å². The second-order valence-electron chi connectivity index (χ2n) is 5.46. The summed E-state index contributed by atoms with van der Waals surface area (Å²) in [6.45, 7) is 13.6. The monoisotopic (exact) mass is 199 g/mol. The zero-order chi connectivity index (χ0) is 10.6. The summed E-state index contributed by atoms with van der Waals surface area (Å²) < 4.78 is 5.53. The van der Waals surface area contributed by atoms with Crippen molar-refractivity contribution in [2.75, 3.05) is 26.2 Å². The lowest BCUT2D eigenvalue weighted by atomic mass is 9.93. The van der Waals surface area contributed by atoms with Crippen LogP contribution in [-0.4, -0.2) is 37.2 Å². The fourth-order valence-electron chi connectivity index (χ4n) is 2.02. The maximum absolute atomic E-state index is 5.53. The lowest BCUT2D eigenvalue weighted by molar-refractivity contribution is 0.0715. The Morgan fingerprint density at radius 3 is 2.57 bits per heavy atom. The Morgan fingerprint density at radius 2 is 2.07 bits per heavy atom. The van der Waals surface area contributed by atoms with Crippen LogP contribution in [0, 0.1) is 5.41 Å². The molecule has 14 heavy (non-hydrogen) atoms. The van der Waals surface area contributed by atoms with E-state index < -0.39 is 0 Å². The van der Waals surface area contributed by atoms with Gasteiger partial charge in [0.15, 0.2) is 0 Å². The van der Waals surface area contributed by atoms with Crippen LogP contribution in [0.15, 0.2) is 0 Å². The van der Waals surface area contributed by atoms with Gasteiger partial charge in [0.2, 0.25) is 0 Å². The molecule has 0 aromatic carbocycles. The normalized spacial score (nSPS) is 22.1. The Balaban J connectivity index is 2.03. The fraction of sp³-hybridized carbons (Fsp3) is 1.00. The summed E-state index contributed by atoms with van der Waals surface area (Å²) in [5.74, 6) is 0. The first-order chi connectivity index (χ1) is 6.49. The quantitative estimate of drug-likeness (QED) is 0.631. The van der Waals surface area contributed by atoms with Gasteiger partial charge in [0.25, 0.3) is 0 Å². The lowest BCUT2D eigenvalue weighted by Gasteiger charge is -2.19. The highest BCUT2D eigenvalue weighted by molar-refractivity contribution is 4.82. The van der Waals surface area contributed by atoms with E-state index in [1.807, 2.05) is 0 Å². The van der Waals surface area contributed by atoms with E-state index >= 15 is 0 Å². The van der Waals surface area contributed by atoms with Crippen LogP contribution < -0.4 is 0 Å². The maximum atomic E-state index is 5.53. The third-order valence-corrected chi connectivity index (χ3v) is 2.83. The van der Waals surface area contributed by atoms with E-state index in [1.54, 1.807) is 0 Å². The van der Waals surface area contributed by atoms with Crippen LogP contribution in [0.5, 0.6) is 0 Å². The number of likely N-dealkylation sites (tertiary alicyclic amines) is 1. The summed E-state index contributed by atoms with van der Waals surface area (Å²) >= 11 is 0. The molecule has 0 saturated carbocycles. The van der Waals surface area contributed by atoms with Crippen molar-refractivity contribution in [1.29, 1.82) is 0 Å². The van der Waals surface area contributed by atoms with E-state index in [9.17, 15) is 0 Å². The molecule has 1 aliphatic heterocycles. The Labute approximate surface area is 88.6 Å². The molecule has 1 aliphatic rings. The molecule has 0 aromatic heterocycles. The summed E-state index contributed by atoms with van der Waals surface area (Å²) in [5, 5.41) is 0. The molecule has 0 spiro atoms. The van der Waals surface area contributed by atoms with Gasteiger partial charge in [0, 0.05) is 19.7 Å². The molecule has 0 aliphatic carbocycles. The zero-order valence-electron chi connectivity index (χ0n) is 10.2. The third kappa shape index (κ3) is 4.43. The Hall–Kier alpha value is -0.0800. The van der Waals surface area contributed by atoms with Gasteiger partial charge in [-0.3, -0.25) is 0 Å². The smallest absolute Gasteiger partial charge is 0.0518 e. The van der Waals surface area contributed by atoms with Crippen LogP contribution in [0.1, 0.15) is 40.5 Å². The van der Waals surface area contributed by atoms with Crippen LogP contribution in [0.3, 0.4) is 0 Å². The summed E-state index contributed by atoms with van der Waals surface area (Å²) in [6, 6.07) is 0. The van der Waals surface area contributed by atoms with Gasteiger partial charge in [-0.2, -0.15) is 0 Å². The lowest BCUT2D eigenvalue weighted by Crippen LogP contribution is -2.25. The number of hydrogen-bond acceptors (Lipinski definition) is 2. The zero-order valence-corrected chi connectivity index (χ0v) is 10.2. The predicted octanol–water partition coefficient (Wildman–Crippen LogP) is 2.53. The molecule has 0 bridgehead atoms. The molecule has 1 heterocycles. The van der Waals surface area contributed by atoms with E-state index in [4.69, 9.17) is 4.74 Å². The number of hydrogen-bond donors (Lipinski definition) is 0. The SMILES string of the molecule is CC(C)OCCCN1CCC(C)(C)C1. The van der Waals surface area contributed by atoms with Gasteiger partial charge in [-0.1, -0.05) is 13.8 Å². The molecular weight excluding hydrogens is 174 g/mol. The van der Waals surface area contributed by atoms with E-state index in [1.165, 1.54) is 32.5 Å². The van der Waals surface area contributed by atoms with E-state index in [2.05, 4.69) is 32.6 Å². The number of ether oxygens (including phenoxy) is 1. The summed E-state index contributed by atoms with van der Waals surface area (Å²) in [5.41, 5.74) is 0.541. The minimum Gasteiger partial charge on any atom is -0.379 e. The minimum atomic E-state index is 0.380. The van der Waals surface area contributed by atoms with Crippen LogP contribution in [0.4, 0.5) is 0 Å². The van der Waals surface area contributed by atoms with Gasteiger partial charge in [-0.25, -0.2) is 0 Å². The maximum Gasteiger partial charge on any atom is 0.0518 e. The molecule has 2 heteroatoms. The molecular formula is C12H25NO. The van der Waals surface area contributed by atoms with Gasteiger partial charge in [0.1, 0.15) is 0 Å². The summed E-state index contributed by atoms with van der Waals surface area (Å²) in [6.07, 6.45) is 2.90. The van der Waals surface area contributed by atoms with Crippen molar-refractivity contribution in [1.82, 2.24) is 4.90 Å². The first kappa shape index (κ1) is 12.0. The topological polar surface area (TPSA) is 12.5 Å². The summed E-state index contributed by atoms with van der Waals surface area (Å²) in [7, 11) is 0. The van der Waals surface area contributed by atoms with Gasteiger partial charge < -0.3 is 9.64 Å². The number of rotatable bonds is 5. The van der Waals surface area contributed by atoms with Crippen LogP contribution in [-0.2, 0) is 4.74 Å². The second kappa shape index (κ2) is 5.13. The predicted molar refractivity (Wildman–Crippen MR) is 60.5 cm³/mol. The average molecular weight is 199 g/mol. The Bertz CT molecular complexity index is 166. The standard InChI is InChI=1S/C12H25NO/c1-11(2)14-9-5-7-13-8-6-12(3,4)10-13/h11H,5-10H2,1-4H3. The highest BCUT2D eigenvalue weighted by Crippen LogP contribution is 2.28. The first-order valence-electron chi connectivity index (χ1n) is 5.83. The van der Waals surface area contributed by atoms with Crippen molar-refractivity contribution in [2.24, 2.45) is 5.41 Å². The van der Waals surface area contributed by atoms with Crippen molar-refractivity contribution in [2.45, 2.75) is 46.6 Å². The Morgan fingerprint density at radius 1 is 1.36 bits per heavy atom. The van der Waals surface area contributed by atoms with Crippen LogP contribution in [0.2, 0.25) is 0 Å². The van der Waals surface area contributed by atoms with Crippen molar-refractivity contribution >= 4 is 0 Å². The Kier molecular flexibility index (Phi) is 4.39. The van der Waals surface area contributed by atoms with Gasteiger partial charge in [-0.15, -0.1) is 0 Å². The van der Waals surface area contributed by atoms with Crippen molar-refractivity contribution in [3.8, 4) is 0 Å². The van der Waals surface area contributed by atoms with Crippen molar-refractivity contribution in [3.05, 3.63) is 0 Å². The molecule has 0 amide bonds. The molecule has 1 fully saturated rings. The van der Waals surface area contributed by atoms with Crippen molar-refractivity contribution < 1.29 is 4.74 Å². The molecule has 1 rings (SSSR count). The van der Waals surface area contributed by atoms with Gasteiger partial charge in [-0.05, 0) is 38.6 Å². The molecule has 0 radical (unpaired) electrons. The molecule has 0 N–H and O–H groups in total. The molecule has 0 unspecified atom stereocenters. The highest BCUT2D eigenvalue weighted by atomic mass is 16.5. The summed E-state index contributed by atoms with van der Waals surface area (Å²) in [4.78, 5) is 2.56. The molecule has 2 nitrogen and oxygen atoms in total.